The summed E-state index contributed by atoms with van der Waals surface area (Å²) in [6.45, 7) is 4.37. The SMILES string of the molecule is CCCCCCCCCCCCCCCC(=O)N1C=CSC1C. The summed E-state index contributed by atoms with van der Waals surface area (Å²) in [4.78, 5) is 13.9. The predicted octanol–water partition coefficient (Wildman–Crippen LogP) is 6.86. The van der Waals surface area contributed by atoms with Crippen LogP contribution in [-0.2, 0) is 4.79 Å². The van der Waals surface area contributed by atoms with E-state index in [0.29, 0.717) is 17.7 Å². The van der Waals surface area contributed by atoms with Crippen LogP contribution < -0.4 is 0 Å². The molecule has 0 aromatic heterocycles. The van der Waals surface area contributed by atoms with Gasteiger partial charge < -0.3 is 4.90 Å². The van der Waals surface area contributed by atoms with Gasteiger partial charge in [-0.1, -0.05) is 84.0 Å². The Labute approximate surface area is 148 Å². The first-order valence-corrected chi connectivity index (χ1v) is 10.8. The van der Waals surface area contributed by atoms with Gasteiger partial charge in [-0.25, -0.2) is 0 Å². The molecule has 0 N–H and O–H groups in total. The van der Waals surface area contributed by atoms with E-state index < -0.39 is 0 Å². The molecule has 1 rings (SSSR count). The average Bonchev–Trinajstić information content (AvgIpc) is 2.98. The van der Waals surface area contributed by atoms with E-state index in [1.807, 2.05) is 16.5 Å². The standard InChI is InChI=1S/C20H37NOS/c1-3-4-5-6-7-8-9-10-11-12-13-14-15-16-20(22)21-17-18-23-19(21)2/h17-19H,3-16H2,1-2H3. The van der Waals surface area contributed by atoms with Crippen molar-refractivity contribution in [3.8, 4) is 0 Å². The summed E-state index contributed by atoms with van der Waals surface area (Å²) in [5.41, 5.74) is 0. The highest BCUT2D eigenvalue weighted by molar-refractivity contribution is 8.02. The van der Waals surface area contributed by atoms with Crippen molar-refractivity contribution in [1.82, 2.24) is 4.90 Å². The fourth-order valence-electron chi connectivity index (χ4n) is 3.11. The second-order valence-corrected chi connectivity index (χ2v) is 8.04. The zero-order valence-corrected chi connectivity index (χ0v) is 16.2. The summed E-state index contributed by atoms with van der Waals surface area (Å²) >= 11 is 1.72. The molecular weight excluding hydrogens is 302 g/mol. The van der Waals surface area contributed by atoms with Crippen LogP contribution in [0.25, 0.3) is 0 Å². The molecule has 2 nitrogen and oxygen atoms in total. The lowest BCUT2D eigenvalue weighted by molar-refractivity contribution is -0.128. The molecule has 3 heteroatoms. The topological polar surface area (TPSA) is 20.3 Å². The second-order valence-electron chi connectivity index (χ2n) is 6.81. The number of unbranched alkanes of at least 4 members (excludes halogenated alkanes) is 12. The van der Waals surface area contributed by atoms with Gasteiger partial charge in [0.2, 0.25) is 5.91 Å². The third kappa shape index (κ3) is 10.1. The molecule has 134 valence electrons. The monoisotopic (exact) mass is 339 g/mol. The van der Waals surface area contributed by atoms with Gasteiger partial charge >= 0.3 is 0 Å². The van der Waals surface area contributed by atoms with E-state index in [1.165, 1.54) is 77.0 Å². The molecule has 23 heavy (non-hydrogen) atoms. The minimum absolute atomic E-state index is 0.293. The number of carbonyl (C=O) groups is 1. The molecular formula is C20H37NOS. The highest BCUT2D eigenvalue weighted by Crippen LogP contribution is 2.25. The Hall–Kier alpha value is -0.440. The second kappa shape index (κ2) is 13.9. The van der Waals surface area contributed by atoms with Crippen LogP contribution in [0.2, 0.25) is 0 Å². The molecule has 0 aromatic carbocycles. The van der Waals surface area contributed by atoms with Gasteiger partial charge in [0.15, 0.2) is 0 Å². The molecule has 1 aliphatic heterocycles. The van der Waals surface area contributed by atoms with Crippen LogP contribution in [0.3, 0.4) is 0 Å². The van der Waals surface area contributed by atoms with Crippen molar-refractivity contribution in [2.75, 3.05) is 0 Å². The van der Waals surface area contributed by atoms with Gasteiger partial charge in [0, 0.05) is 12.6 Å². The molecule has 1 amide bonds. The maximum Gasteiger partial charge on any atom is 0.227 e. The summed E-state index contributed by atoms with van der Waals surface area (Å²) in [7, 11) is 0. The maximum absolute atomic E-state index is 12.0. The maximum atomic E-state index is 12.0. The van der Waals surface area contributed by atoms with E-state index in [4.69, 9.17) is 0 Å². The van der Waals surface area contributed by atoms with Gasteiger partial charge in [0.05, 0.1) is 5.37 Å². The van der Waals surface area contributed by atoms with Crippen LogP contribution in [-0.4, -0.2) is 16.2 Å². The molecule has 0 aliphatic carbocycles. The molecule has 0 aromatic rings. The number of hydrogen-bond donors (Lipinski definition) is 0. The Morgan fingerprint density at radius 2 is 1.35 bits per heavy atom. The first-order chi connectivity index (χ1) is 11.3. The van der Waals surface area contributed by atoms with E-state index >= 15 is 0 Å². The van der Waals surface area contributed by atoms with Gasteiger partial charge in [-0.05, 0) is 18.8 Å². The van der Waals surface area contributed by atoms with E-state index in [2.05, 4.69) is 13.8 Å². The van der Waals surface area contributed by atoms with Crippen molar-refractivity contribution in [1.29, 1.82) is 0 Å². The van der Waals surface area contributed by atoms with Crippen molar-refractivity contribution in [2.24, 2.45) is 0 Å². The quantitative estimate of drug-likeness (QED) is 0.322. The molecule has 1 aliphatic rings. The highest BCUT2D eigenvalue weighted by atomic mass is 32.2. The Balaban J connectivity index is 1.79. The molecule has 0 radical (unpaired) electrons. The number of nitrogens with zero attached hydrogens (tertiary/aromatic N) is 1. The number of thioether (sulfide) groups is 1. The molecule has 0 saturated heterocycles. The Morgan fingerprint density at radius 1 is 0.870 bits per heavy atom. The zero-order chi connectivity index (χ0) is 16.8. The molecule has 1 heterocycles. The number of rotatable bonds is 14. The van der Waals surface area contributed by atoms with Crippen molar-refractivity contribution in [3.63, 3.8) is 0 Å². The third-order valence-corrected chi connectivity index (χ3v) is 5.57. The lowest BCUT2D eigenvalue weighted by Gasteiger charge is -2.19. The van der Waals surface area contributed by atoms with E-state index in [-0.39, 0.29) is 0 Å². The van der Waals surface area contributed by atoms with Crippen molar-refractivity contribution in [3.05, 3.63) is 11.6 Å². The van der Waals surface area contributed by atoms with Crippen LogP contribution >= 0.6 is 11.8 Å². The summed E-state index contributed by atoms with van der Waals surface area (Å²) in [5.74, 6) is 0.293. The normalized spacial score (nSPS) is 17.1. The number of hydrogen-bond acceptors (Lipinski definition) is 2. The molecule has 0 spiro atoms. The summed E-state index contributed by atoms with van der Waals surface area (Å²) < 4.78 is 0. The van der Waals surface area contributed by atoms with Gasteiger partial charge in [-0.3, -0.25) is 4.79 Å². The lowest BCUT2D eigenvalue weighted by atomic mass is 10.0. The van der Waals surface area contributed by atoms with E-state index in [1.54, 1.807) is 11.8 Å². The number of carbonyl (C=O) groups excluding carboxylic acids is 1. The fraction of sp³-hybridized carbons (Fsp3) is 0.850. The lowest BCUT2D eigenvalue weighted by Crippen LogP contribution is -2.28. The molecule has 1 unspecified atom stereocenters. The van der Waals surface area contributed by atoms with Crippen LogP contribution in [0.5, 0.6) is 0 Å². The van der Waals surface area contributed by atoms with Crippen LogP contribution in [0.15, 0.2) is 11.6 Å². The van der Waals surface area contributed by atoms with Crippen molar-refractivity contribution >= 4 is 17.7 Å². The minimum Gasteiger partial charge on any atom is -0.306 e. The third-order valence-electron chi connectivity index (χ3n) is 4.67. The van der Waals surface area contributed by atoms with Crippen molar-refractivity contribution < 1.29 is 4.79 Å². The summed E-state index contributed by atoms with van der Waals surface area (Å²) in [6, 6.07) is 0. The summed E-state index contributed by atoms with van der Waals surface area (Å²) in [6.07, 6.45) is 20.2. The fourth-order valence-corrected chi connectivity index (χ4v) is 3.86. The average molecular weight is 340 g/mol. The molecule has 1 atom stereocenters. The van der Waals surface area contributed by atoms with Crippen LogP contribution in [0.1, 0.15) is 104 Å². The van der Waals surface area contributed by atoms with E-state index in [9.17, 15) is 4.79 Å². The largest absolute Gasteiger partial charge is 0.306 e. The van der Waals surface area contributed by atoms with Crippen LogP contribution in [0.4, 0.5) is 0 Å². The number of amides is 1. The smallest absolute Gasteiger partial charge is 0.227 e. The molecule has 0 saturated carbocycles. The molecule has 0 bridgehead atoms. The van der Waals surface area contributed by atoms with Gasteiger partial charge in [-0.15, -0.1) is 11.8 Å². The van der Waals surface area contributed by atoms with Gasteiger partial charge in [0.1, 0.15) is 0 Å². The molecule has 0 fully saturated rings. The Morgan fingerprint density at radius 3 is 1.78 bits per heavy atom. The van der Waals surface area contributed by atoms with Crippen molar-refractivity contribution in [2.45, 2.75) is 109 Å². The van der Waals surface area contributed by atoms with Crippen LogP contribution in [0, 0.1) is 0 Å². The highest BCUT2D eigenvalue weighted by Gasteiger charge is 2.20. The van der Waals surface area contributed by atoms with Gasteiger partial charge in [-0.2, -0.15) is 0 Å². The summed E-state index contributed by atoms with van der Waals surface area (Å²) in [5, 5.41) is 2.32. The Bertz CT molecular complexity index is 330. The Kier molecular flexibility index (Phi) is 12.5. The van der Waals surface area contributed by atoms with E-state index in [0.717, 1.165) is 6.42 Å². The minimum atomic E-state index is 0.293. The first kappa shape index (κ1) is 20.6. The van der Waals surface area contributed by atoms with Gasteiger partial charge in [0.25, 0.3) is 0 Å². The zero-order valence-electron chi connectivity index (χ0n) is 15.4. The predicted molar refractivity (Wildman–Crippen MR) is 103 cm³/mol. The first-order valence-electron chi connectivity index (χ1n) is 9.89.